The van der Waals surface area contributed by atoms with E-state index in [0.29, 0.717) is 23.9 Å². The molecule has 0 radical (unpaired) electrons. The van der Waals surface area contributed by atoms with Gasteiger partial charge < -0.3 is 28.5 Å². The minimum absolute atomic E-state index is 0.0247. The maximum absolute atomic E-state index is 13.5. The van der Waals surface area contributed by atoms with Crippen LogP contribution in [-0.2, 0) is 27.9 Å². The Bertz CT molecular complexity index is 1390. The summed E-state index contributed by atoms with van der Waals surface area (Å²) in [5.41, 5.74) is 0. The standard InChI is InChI=1S/C63H119N2O7P/c1-7-10-13-16-19-22-25-28-29-30-31-32-33-34-35-38-41-44-47-50-53-56-63(67)72-61(54-51-48-45-42-39-36-26-23-20-17-14-11-8-2)60(59-71-73(68,69)70-58-57-65(4,5)6)64-62(66)55-52-49-46-43-40-37-27-24-21-18-15-12-9-3/h19,22,28-29,37,40,51,54,60-61H,7-18,20-21,23-27,30-36,38-39,41-50,52-53,55-59H2,1-6H3,(H-,64,66,68,69)/b22-19-,29-28-,40-37-,54-51-. The number of quaternary nitrogens is 1. The number of nitrogens with one attached hydrogen (secondary N) is 1. The molecule has 0 aromatic carbocycles. The molecule has 10 heteroatoms. The van der Waals surface area contributed by atoms with Crippen molar-refractivity contribution >= 4 is 19.7 Å². The van der Waals surface area contributed by atoms with Gasteiger partial charge in [0.1, 0.15) is 19.3 Å². The Morgan fingerprint density at radius 3 is 1.29 bits per heavy atom. The molecule has 0 aliphatic heterocycles. The Balaban J connectivity index is 5.24. The van der Waals surface area contributed by atoms with E-state index in [-0.39, 0.29) is 24.9 Å². The lowest BCUT2D eigenvalue weighted by Crippen LogP contribution is -2.47. The number of hydrogen-bond donors (Lipinski definition) is 1. The van der Waals surface area contributed by atoms with E-state index in [1.54, 1.807) is 0 Å². The van der Waals surface area contributed by atoms with Crippen LogP contribution in [0.25, 0.3) is 0 Å². The van der Waals surface area contributed by atoms with Crippen LogP contribution in [0.2, 0.25) is 0 Å². The number of allylic oxidation sites excluding steroid dienone is 7. The molecular formula is C63H119N2O7P. The van der Waals surface area contributed by atoms with Crippen LogP contribution in [0.3, 0.4) is 0 Å². The van der Waals surface area contributed by atoms with Crippen molar-refractivity contribution in [3.05, 3.63) is 48.6 Å². The van der Waals surface area contributed by atoms with E-state index in [4.69, 9.17) is 13.8 Å². The third kappa shape index (κ3) is 54.6. The first kappa shape index (κ1) is 71.0. The van der Waals surface area contributed by atoms with Crippen LogP contribution >= 0.6 is 7.82 Å². The number of likely N-dealkylation sites (N-methyl/N-ethyl adjacent to an activating group) is 1. The fraction of sp³-hybridized carbons (Fsp3) is 0.841. The molecular weight excluding hydrogens is 928 g/mol. The highest BCUT2D eigenvalue weighted by Gasteiger charge is 2.27. The number of phosphoric ester groups is 1. The van der Waals surface area contributed by atoms with Gasteiger partial charge in [0.15, 0.2) is 0 Å². The Labute approximate surface area is 452 Å². The molecule has 3 atom stereocenters. The zero-order chi connectivity index (χ0) is 53.6. The van der Waals surface area contributed by atoms with Crippen LogP contribution < -0.4 is 10.2 Å². The van der Waals surface area contributed by atoms with E-state index < -0.39 is 26.6 Å². The fourth-order valence-electron chi connectivity index (χ4n) is 8.90. The predicted octanol–water partition coefficient (Wildman–Crippen LogP) is 18.3. The van der Waals surface area contributed by atoms with Crippen molar-refractivity contribution in [2.24, 2.45) is 0 Å². The van der Waals surface area contributed by atoms with Gasteiger partial charge in [-0.3, -0.25) is 14.2 Å². The third-order valence-electron chi connectivity index (χ3n) is 13.7. The number of ether oxygens (including phenoxy) is 1. The van der Waals surface area contributed by atoms with Gasteiger partial charge in [0.25, 0.3) is 7.82 Å². The Morgan fingerprint density at radius 1 is 0.479 bits per heavy atom. The molecule has 3 unspecified atom stereocenters. The second-order valence-corrected chi connectivity index (χ2v) is 23.6. The van der Waals surface area contributed by atoms with Gasteiger partial charge in [-0.2, -0.15) is 0 Å². The summed E-state index contributed by atoms with van der Waals surface area (Å²) in [6.07, 6.45) is 65.0. The summed E-state index contributed by atoms with van der Waals surface area (Å²) in [4.78, 5) is 39.9. The van der Waals surface area contributed by atoms with Crippen LogP contribution in [0.15, 0.2) is 48.6 Å². The van der Waals surface area contributed by atoms with Crippen LogP contribution in [0.4, 0.5) is 0 Å². The molecule has 0 saturated heterocycles. The van der Waals surface area contributed by atoms with Crippen molar-refractivity contribution in [3.8, 4) is 0 Å². The van der Waals surface area contributed by atoms with Gasteiger partial charge in [-0.15, -0.1) is 0 Å². The highest BCUT2D eigenvalue weighted by Crippen LogP contribution is 2.38. The summed E-state index contributed by atoms with van der Waals surface area (Å²) >= 11 is 0. The third-order valence-corrected chi connectivity index (χ3v) is 14.7. The molecule has 0 aliphatic carbocycles. The molecule has 1 N–H and O–H groups in total. The Morgan fingerprint density at radius 2 is 0.836 bits per heavy atom. The van der Waals surface area contributed by atoms with E-state index >= 15 is 0 Å². The number of carbonyl (C=O) groups excluding carboxylic acids is 2. The predicted molar refractivity (Wildman–Crippen MR) is 312 cm³/mol. The molecule has 0 aliphatic rings. The van der Waals surface area contributed by atoms with Crippen LogP contribution in [0, 0.1) is 0 Å². The zero-order valence-corrected chi connectivity index (χ0v) is 49.7. The van der Waals surface area contributed by atoms with E-state index in [1.165, 1.54) is 180 Å². The van der Waals surface area contributed by atoms with Gasteiger partial charge in [-0.05, 0) is 89.5 Å². The normalized spacial score (nSPS) is 14.0. The van der Waals surface area contributed by atoms with Crippen molar-refractivity contribution in [3.63, 3.8) is 0 Å². The van der Waals surface area contributed by atoms with Crippen molar-refractivity contribution in [1.82, 2.24) is 5.32 Å². The number of phosphoric acid groups is 1. The van der Waals surface area contributed by atoms with Crippen LogP contribution in [-0.4, -0.2) is 69.4 Å². The Hall–Kier alpha value is -2.03. The first-order valence-electron chi connectivity index (χ1n) is 30.9. The van der Waals surface area contributed by atoms with Gasteiger partial charge in [0, 0.05) is 12.8 Å². The molecule has 0 aromatic rings. The zero-order valence-electron chi connectivity index (χ0n) is 48.8. The first-order valence-corrected chi connectivity index (χ1v) is 32.4. The Kier molecular flexibility index (Phi) is 51.9. The summed E-state index contributed by atoms with van der Waals surface area (Å²) in [5.74, 6) is -0.554. The number of esters is 1. The van der Waals surface area contributed by atoms with E-state index in [2.05, 4.69) is 62.5 Å². The lowest BCUT2D eigenvalue weighted by atomic mass is 10.0. The van der Waals surface area contributed by atoms with Crippen molar-refractivity contribution < 1.29 is 37.3 Å². The van der Waals surface area contributed by atoms with Crippen molar-refractivity contribution in [1.29, 1.82) is 0 Å². The molecule has 0 saturated carbocycles. The molecule has 0 heterocycles. The number of rotatable bonds is 56. The molecule has 0 bridgehead atoms. The molecule has 73 heavy (non-hydrogen) atoms. The summed E-state index contributed by atoms with van der Waals surface area (Å²) in [6.45, 7) is 6.82. The smallest absolute Gasteiger partial charge is 0.306 e. The van der Waals surface area contributed by atoms with E-state index in [0.717, 1.165) is 70.6 Å². The average Bonchev–Trinajstić information content (AvgIpc) is 3.35. The van der Waals surface area contributed by atoms with Crippen LogP contribution in [0.1, 0.15) is 290 Å². The highest BCUT2D eigenvalue weighted by molar-refractivity contribution is 7.45. The summed E-state index contributed by atoms with van der Waals surface area (Å²) in [7, 11) is 1.18. The van der Waals surface area contributed by atoms with Crippen LogP contribution in [0.5, 0.6) is 0 Å². The fourth-order valence-corrected chi connectivity index (χ4v) is 9.62. The molecule has 0 aromatic heterocycles. The molecule has 0 spiro atoms. The van der Waals surface area contributed by atoms with Gasteiger partial charge in [0.05, 0.1) is 33.8 Å². The van der Waals surface area contributed by atoms with E-state index in [1.807, 2.05) is 33.3 Å². The summed E-state index contributed by atoms with van der Waals surface area (Å²) in [5, 5.41) is 3.02. The second kappa shape index (κ2) is 53.4. The monoisotopic (exact) mass is 1050 g/mol. The highest BCUT2D eigenvalue weighted by atomic mass is 31.2. The number of hydrogen-bond acceptors (Lipinski definition) is 7. The lowest BCUT2D eigenvalue weighted by Gasteiger charge is -2.30. The maximum Gasteiger partial charge on any atom is 0.306 e. The quantitative estimate of drug-likeness (QED) is 0.0212. The van der Waals surface area contributed by atoms with Gasteiger partial charge in [-0.1, -0.05) is 237 Å². The van der Waals surface area contributed by atoms with E-state index in [9.17, 15) is 19.0 Å². The van der Waals surface area contributed by atoms with Gasteiger partial charge in [0.2, 0.25) is 5.91 Å². The second-order valence-electron chi connectivity index (χ2n) is 22.2. The average molecular weight is 1050 g/mol. The first-order chi connectivity index (χ1) is 35.4. The topological polar surface area (TPSA) is 114 Å². The molecule has 1 amide bonds. The molecule has 428 valence electrons. The maximum atomic E-state index is 13.5. The molecule has 9 nitrogen and oxygen atoms in total. The summed E-state index contributed by atoms with van der Waals surface area (Å²) in [6, 6.07) is -0.895. The number of unbranched alkanes of at least 4 members (excludes halogenated alkanes) is 34. The SMILES string of the molecule is CCCCC/C=C\C/C=C\CCCCCCCCCCCCCC(=O)OC(/C=C\CCCCCCCCCCCCC)C(COP(=O)([O-])OCC[N+](C)(C)C)NC(=O)CCCCC/C=C\CCCCCCCC. The minimum Gasteiger partial charge on any atom is -0.756 e. The number of carbonyl (C=O) groups is 2. The van der Waals surface area contributed by atoms with Gasteiger partial charge >= 0.3 is 5.97 Å². The van der Waals surface area contributed by atoms with Crippen molar-refractivity contribution in [2.45, 2.75) is 303 Å². The van der Waals surface area contributed by atoms with Gasteiger partial charge in [-0.25, -0.2) is 0 Å². The largest absolute Gasteiger partial charge is 0.756 e. The van der Waals surface area contributed by atoms with Crippen molar-refractivity contribution in [2.75, 3.05) is 40.9 Å². The molecule has 0 rings (SSSR count). The number of nitrogens with zero attached hydrogens (tertiary/aromatic N) is 1. The summed E-state index contributed by atoms with van der Waals surface area (Å²) < 4.78 is 30.3. The minimum atomic E-state index is -4.70. The molecule has 0 fully saturated rings. The lowest BCUT2D eigenvalue weighted by molar-refractivity contribution is -0.870. The number of amides is 1.